The Hall–Kier alpha value is -0.0000000000000000416. The largest absolute Gasteiger partial charge is 0.354 e. The molecule has 19 heavy (non-hydrogen) atoms. The zero-order valence-electron chi connectivity index (χ0n) is 10.8. The molecule has 0 aromatic heterocycles. The molecule has 1 rings (SSSR count). The van der Waals surface area contributed by atoms with Crippen LogP contribution in [0.3, 0.4) is 0 Å². The minimum atomic E-state index is -4.86. The molecule has 0 spiro atoms. The van der Waals surface area contributed by atoms with E-state index in [4.69, 9.17) is 19.6 Å². The summed E-state index contributed by atoms with van der Waals surface area (Å²) in [4.78, 5) is 37.8. The SMILES string of the molecule is CCCC=C1CCN(C(P(=O)(O)O)P(=O)(O)O)CC1. The number of rotatable bonds is 5. The van der Waals surface area contributed by atoms with Crippen molar-refractivity contribution < 1.29 is 28.7 Å². The van der Waals surface area contributed by atoms with Crippen molar-refractivity contribution in [3.63, 3.8) is 0 Å². The zero-order chi connectivity index (χ0) is 14.7. The summed E-state index contributed by atoms with van der Waals surface area (Å²) in [6.07, 6.45) is 5.27. The molecule has 0 amide bonds. The highest BCUT2D eigenvalue weighted by Gasteiger charge is 2.47. The Balaban J connectivity index is 2.77. The lowest BCUT2D eigenvalue weighted by Crippen LogP contribution is -2.39. The van der Waals surface area contributed by atoms with Crippen LogP contribution >= 0.6 is 15.2 Å². The van der Waals surface area contributed by atoms with E-state index >= 15 is 0 Å². The van der Waals surface area contributed by atoms with Crippen molar-refractivity contribution in [2.75, 3.05) is 13.1 Å². The van der Waals surface area contributed by atoms with Crippen LogP contribution in [-0.4, -0.2) is 43.1 Å². The number of hydrogen-bond donors (Lipinski definition) is 4. The third-order valence-electron chi connectivity index (χ3n) is 3.09. The summed E-state index contributed by atoms with van der Waals surface area (Å²) in [5, 5.41) is 0. The van der Waals surface area contributed by atoms with Gasteiger partial charge in [0.15, 0.2) is 0 Å². The molecule has 0 aromatic carbocycles. The first kappa shape index (κ1) is 17.1. The standard InChI is InChI=1S/C10H21NO6P2/c1-2-3-4-9-5-7-11(8-6-9)10(18(12,13)14)19(15,16)17/h4,10H,2-3,5-8H2,1H3,(H2,12,13,14)(H2,15,16,17). The van der Waals surface area contributed by atoms with Crippen LogP contribution in [0.2, 0.25) is 0 Å². The molecule has 9 heteroatoms. The lowest BCUT2D eigenvalue weighted by Gasteiger charge is -2.35. The van der Waals surface area contributed by atoms with Gasteiger partial charge in [-0.1, -0.05) is 25.0 Å². The van der Waals surface area contributed by atoms with Crippen molar-refractivity contribution in [2.45, 2.75) is 38.1 Å². The summed E-state index contributed by atoms with van der Waals surface area (Å²) in [6, 6.07) is 0. The van der Waals surface area contributed by atoms with Crippen molar-refractivity contribution in [3.8, 4) is 0 Å². The molecule has 0 atom stereocenters. The summed E-state index contributed by atoms with van der Waals surface area (Å²) in [7, 11) is -9.73. The van der Waals surface area contributed by atoms with E-state index in [-0.39, 0.29) is 13.1 Å². The average molecular weight is 313 g/mol. The van der Waals surface area contributed by atoms with Gasteiger partial charge in [0.1, 0.15) is 0 Å². The Morgan fingerprint density at radius 1 is 1.16 bits per heavy atom. The predicted molar refractivity (Wildman–Crippen MR) is 71.7 cm³/mol. The Morgan fingerprint density at radius 2 is 1.63 bits per heavy atom. The lowest BCUT2D eigenvalue weighted by molar-refractivity contribution is 0.214. The first-order chi connectivity index (χ1) is 8.66. The minimum absolute atomic E-state index is 0.260. The Bertz CT molecular complexity index is 394. The summed E-state index contributed by atoms with van der Waals surface area (Å²) in [6.45, 7) is 2.58. The van der Waals surface area contributed by atoms with E-state index in [2.05, 4.69) is 13.0 Å². The van der Waals surface area contributed by atoms with Crippen LogP contribution in [0.15, 0.2) is 11.6 Å². The normalized spacial score (nSPS) is 18.9. The fraction of sp³-hybridized carbons (Fsp3) is 0.800. The van der Waals surface area contributed by atoms with Crippen LogP contribution in [0.4, 0.5) is 0 Å². The van der Waals surface area contributed by atoms with Crippen LogP contribution in [0.5, 0.6) is 0 Å². The van der Waals surface area contributed by atoms with E-state index in [9.17, 15) is 9.13 Å². The minimum Gasteiger partial charge on any atom is -0.323 e. The van der Waals surface area contributed by atoms with Crippen LogP contribution in [0, 0.1) is 0 Å². The van der Waals surface area contributed by atoms with E-state index < -0.39 is 20.7 Å². The van der Waals surface area contributed by atoms with Crippen LogP contribution in [0.1, 0.15) is 32.6 Å². The number of hydrogen-bond acceptors (Lipinski definition) is 3. The molecule has 0 bridgehead atoms. The molecule has 0 radical (unpaired) electrons. The van der Waals surface area contributed by atoms with Crippen molar-refractivity contribution in [3.05, 3.63) is 11.6 Å². The molecule has 1 fully saturated rings. The van der Waals surface area contributed by atoms with E-state index in [0.29, 0.717) is 12.8 Å². The molecule has 1 heterocycles. The molecule has 0 unspecified atom stereocenters. The van der Waals surface area contributed by atoms with Crippen molar-refractivity contribution >= 4 is 15.2 Å². The highest BCUT2D eigenvalue weighted by atomic mass is 31.2. The molecular formula is C10H21NO6P2. The first-order valence-electron chi connectivity index (χ1n) is 6.18. The van der Waals surface area contributed by atoms with Gasteiger partial charge in [0.2, 0.25) is 5.52 Å². The first-order valence-corrected chi connectivity index (χ1v) is 9.55. The number of nitrogens with zero attached hydrogens (tertiary/aromatic N) is 1. The Kier molecular flexibility index (Phi) is 5.96. The molecule has 0 saturated carbocycles. The number of likely N-dealkylation sites (tertiary alicyclic amines) is 1. The smallest absolute Gasteiger partial charge is 0.323 e. The van der Waals surface area contributed by atoms with E-state index in [1.807, 2.05) is 0 Å². The van der Waals surface area contributed by atoms with Gasteiger partial charge in [-0.2, -0.15) is 0 Å². The monoisotopic (exact) mass is 313 g/mol. The molecule has 7 nitrogen and oxygen atoms in total. The fourth-order valence-corrected chi connectivity index (χ4v) is 5.10. The van der Waals surface area contributed by atoms with Crippen LogP contribution in [0.25, 0.3) is 0 Å². The average Bonchev–Trinajstić information content (AvgIpc) is 2.24. The highest BCUT2D eigenvalue weighted by molar-refractivity contribution is 7.70. The van der Waals surface area contributed by atoms with E-state index in [1.54, 1.807) is 0 Å². The summed E-state index contributed by atoms with van der Waals surface area (Å²) >= 11 is 0. The summed E-state index contributed by atoms with van der Waals surface area (Å²) in [5.74, 6) is 0. The summed E-state index contributed by atoms with van der Waals surface area (Å²) < 4.78 is 22.6. The molecule has 0 aromatic rings. The van der Waals surface area contributed by atoms with Gasteiger partial charge in [-0.3, -0.25) is 14.0 Å². The van der Waals surface area contributed by atoms with E-state index in [1.165, 1.54) is 10.5 Å². The van der Waals surface area contributed by atoms with Gasteiger partial charge < -0.3 is 19.6 Å². The number of piperidine rings is 1. The van der Waals surface area contributed by atoms with Crippen molar-refractivity contribution in [1.29, 1.82) is 0 Å². The van der Waals surface area contributed by atoms with Gasteiger partial charge >= 0.3 is 15.2 Å². The highest BCUT2D eigenvalue weighted by Crippen LogP contribution is 2.61. The molecular weight excluding hydrogens is 292 g/mol. The molecule has 4 N–H and O–H groups in total. The Labute approximate surface area is 112 Å². The maximum atomic E-state index is 11.3. The fourth-order valence-electron chi connectivity index (χ4n) is 2.22. The maximum absolute atomic E-state index is 11.3. The second-order valence-corrected chi connectivity index (χ2v) is 8.45. The second kappa shape index (κ2) is 6.64. The van der Waals surface area contributed by atoms with Gasteiger partial charge in [-0.15, -0.1) is 0 Å². The van der Waals surface area contributed by atoms with Gasteiger partial charge in [0.25, 0.3) is 0 Å². The van der Waals surface area contributed by atoms with E-state index in [0.717, 1.165) is 12.8 Å². The third kappa shape index (κ3) is 5.12. The Morgan fingerprint density at radius 3 is 2.00 bits per heavy atom. The maximum Gasteiger partial charge on any atom is 0.354 e. The molecule has 1 aliphatic heterocycles. The number of unbranched alkanes of at least 4 members (excludes halogenated alkanes) is 1. The van der Waals surface area contributed by atoms with Gasteiger partial charge in [0.05, 0.1) is 0 Å². The summed E-state index contributed by atoms with van der Waals surface area (Å²) in [5.41, 5.74) is -0.819. The third-order valence-corrected chi connectivity index (χ3v) is 6.75. The van der Waals surface area contributed by atoms with Crippen molar-refractivity contribution in [1.82, 2.24) is 4.90 Å². The quantitative estimate of drug-likeness (QED) is 0.448. The zero-order valence-corrected chi connectivity index (χ0v) is 12.6. The molecule has 112 valence electrons. The number of allylic oxidation sites excluding steroid dienone is 1. The molecule has 1 aliphatic rings. The van der Waals surface area contributed by atoms with Crippen LogP contribution in [-0.2, 0) is 9.13 Å². The van der Waals surface area contributed by atoms with Gasteiger partial charge in [0, 0.05) is 13.1 Å². The van der Waals surface area contributed by atoms with Crippen molar-refractivity contribution in [2.24, 2.45) is 0 Å². The second-order valence-electron chi connectivity index (χ2n) is 4.71. The molecule has 1 saturated heterocycles. The molecule has 0 aliphatic carbocycles. The predicted octanol–water partition coefficient (Wildman–Crippen LogP) is 1.45. The van der Waals surface area contributed by atoms with Gasteiger partial charge in [-0.05, 0) is 19.3 Å². The lowest BCUT2D eigenvalue weighted by atomic mass is 10.0. The topological polar surface area (TPSA) is 118 Å². The van der Waals surface area contributed by atoms with Gasteiger partial charge in [-0.25, -0.2) is 0 Å². The van der Waals surface area contributed by atoms with Crippen LogP contribution < -0.4 is 0 Å².